The van der Waals surface area contributed by atoms with Crippen molar-refractivity contribution in [1.29, 1.82) is 5.26 Å². The van der Waals surface area contributed by atoms with Crippen LogP contribution in [-0.2, 0) is 14.3 Å². The van der Waals surface area contributed by atoms with Crippen LogP contribution in [0.2, 0.25) is 0 Å². The van der Waals surface area contributed by atoms with Crippen molar-refractivity contribution in [2.75, 3.05) is 6.54 Å². The fraction of sp³-hybridized carbons (Fsp3) is 0.850. The van der Waals surface area contributed by atoms with E-state index in [-0.39, 0.29) is 49.7 Å². The van der Waals surface area contributed by atoms with Gasteiger partial charge in [-0.05, 0) is 51.4 Å². The number of hydrogen-bond donors (Lipinski definition) is 2. The van der Waals surface area contributed by atoms with Gasteiger partial charge in [-0.2, -0.15) is 18.4 Å². The number of piperidine rings is 1. The molecule has 4 unspecified atom stereocenters. The molecule has 2 saturated carbocycles. The average molecular weight is 415 g/mol. The lowest BCUT2D eigenvalue weighted by Crippen LogP contribution is -2.51. The van der Waals surface area contributed by atoms with Crippen LogP contribution in [0, 0.1) is 29.1 Å². The van der Waals surface area contributed by atoms with Gasteiger partial charge < -0.3 is 15.4 Å². The minimum Gasteiger partial charge on any atom is -0.374 e. The number of carbonyl (C=O) groups excluding carboxylic acids is 2. The summed E-state index contributed by atoms with van der Waals surface area (Å²) in [5.41, 5.74) is 0. The second kappa shape index (κ2) is 9.33. The lowest BCUT2D eigenvalue weighted by atomic mass is 9.78. The van der Waals surface area contributed by atoms with E-state index in [0.29, 0.717) is 38.6 Å². The van der Waals surface area contributed by atoms with Crippen LogP contribution < -0.4 is 10.6 Å². The third-order valence-corrected chi connectivity index (χ3v) is 6.40. The molecule has 1 heterocycles. The van der Waals surface area contributed by atoms with E-state index in [1.165, 1.54) is 0 Å². The highest BCUT2D eigenvalue weighted by molar-refractivity contribution is 5.82. The molecule has 3 aliphatic rings. The number of amides is 2. The summed E-state index contributed by atoms with van der Waals surface area (Å²) in [7, 11) is 0. The van der Waals surface area contributed by atoms with E-state index < -0.39 is 30.0 Å². The first-order valence-electron chi connectivity index (χ1n) is 10.4. The predicted octanol–water partition coefficient (Wildman–Crippen LogP) is 2.83. The first kappa shape index (κ1) is 21.9. The van der Waals surface area contributed by atoms with Crippen LogP contribution in [0.1, 0.15) is 57.8 Å². The number of nitrogens with zero attached hydrogens (tertiary/aromatic N) is 1. The number of halogens is 3. The van der Waals surface area contributed by atoms with Crippen LogP contribution >= 0.6 is 0 Å². The molecule has 1 saturated heterocycles. The Hall–Kier alpha value is -1.82. The van der Waals surface area contributed by atoms with Gasteiger partial charge in [-0.25, -0.2) is 0 Å². The van der Waals surface area contributed by atoms with Gasteiger partial charge in [0.05, 0.1) is 30.1 Å². The summed E-state index contributed by atoms with van der Waals surface area (Å²) in [6.45, 7) is 0.446. The molecule has 0 bridgehead atoms. The van der Waals surface area contributed by atoms with Crippen molar-refractivity contribution in [1.82, 2.24) is 10.6 Å². The topological polar surface area (TPSA) is 91.2 Å². The normalized spacial score (nSPS) is 36.0. The molecule has 0 spiro atoms. The van der Waals surface area contributed by atoms with Crippen LogP contribution in [-0.4, -0.2) is 42.8 Å². The summed E-state index contributed by atoms with van der Waals surface area (Å²) < 4.78 is 46.0. The zero-order valence-electron chi connectivity index (χ0n) is 16.3. The molecule has 0 aromatic heterocycles. The van der Waals surface area contributed by atoms with Gasteiger partial charge in [0, 0.05) is 24.9 Å². The Kier molecular flexibility index (Phi) is 7.04. The first-order valence-corrected chi connectivity index (χ1v) is 10.4. The van der Waals surface area contributed by atoms with Crippen molar-refractivity contribution in [3.8, 4) is 6.07 Å². The lowest BCUT2D eigenvalue weighted by Gasteiger charge is -2.39. The SMILES string of the molecule is N#CC1CCC(OC2CCC(C(F)(F)F)CC2C(=O)NC2CCNC(=O)C2)CC1. The van der Waals surface area contributed by atoms with Gasteiger partial charge in [0.1, 0.15) is 0 Å². The fourth-order valence-electron chi connectivity index (χ4n) is 4.67. The highest BCUT2D eigenvalue weighted by Gasteiger charge is 2.48. The molecule has 2 amide bonds. The Morgan fingerprint density at radius 2 is 1.86 bits per heavy atom. The molecule has 29 heavy (non-hydrogen) atoms. The Morgan fingerprint density at radius 1 is 1.14 bits per heavy atom. The molecule has 4 atom stereocenters. The van der Waals surface area contributed by atoms with E-state index in [0.717, 1.165) is 0 Å². The summed E-state index contributed by atoms with van der Waals surface area (Å²) in [5, 5.41) is 14.5. The Morgan fingerprint density at radius 3 is 2.48 bits per heavy atom. The molecule has 2 aliphatic carbocycles. The van der Waals surface area contributed by atoms with Crippen LogP contribution in [0.5, 0.6) is 0 Å². The second-order valence-electron chi connectivity index (χ2n) is 8.48. The third-order valence-electron chi connectivity index (χ3n) is 6.40. The highest BCUT2D eigenvalue weighted by atomic mass is 19.4. The van der Waals surface area contributed by atoms with Crippen molar-refractivity contribution in [2.24, 2.45) is 17.8 Å². The third kappa shape index (κ3) is 5.84. The van der Waals surface area contributed by atoms with Gasteiger partial charge in [0.15, 0.2) is 0 Å². The Bertz CT molecular complexity index is 641. The van der Waals surface area contributed by atoms with E-state index in [4.69, 9.17) is 10.00 Å². The van der Waals surface area contributed by atoms with Crippen molar-refractivity contribution < 1.29 is 27.5 Å². The monoisotopic (exact) mass is 415 g/mol. The van der Waals surface area contributed by atoms with Gasteiger partial charge in [0.25, 0.3) is 0 Å². The van der Waals surface area contributed by atoms with E-state index >= 15 is 0 Å². The van der Waals surface area contributed by atoms with E-state index in [1.54, 1.807) is 0 Å². The smallest absolute Gasteiger partial charge is 0.374 e. The molecular weight excluding hydrogens is 387 g/mol. The largest absolute Gasteiger partial charge is 0.391 e. The molecule has 6 nitrogen and oxygen atoms in total. The van der Waals surface area contributed by atoms with Crippen LogP contribution in [0.15, 0.2) is 0 Å². The first-order chi connectivity index (χ1) is 13.8. The number of alkyl halides is 3. The summed E-state index contributed by atoms with van der Waals surface area (Å²) in [4.78, 5) is 24.4. The summed E-state index contributed by atoms with van der Waals surface area (Å²) in [5.74, 6) is -3.00. The van der Waals surface area contributed by atoms with Gasteiger partial charge in [0.2, 0.25) is 11.8 Å². The fourth-order valence-corrected chi connectivity index (χ4v) is 4.67. The van der Waals surface area contributed by atoms with Gasteiger partial charge in [-0.1, -0.05) is 0 Å². The zero-order valence-corrected chi connectivity index (χ0v) is 16.3. The Balaban J connectivity index is 1.64. The number of rotatable bonds is 4. The summed E-state index contributed by atoms with van der Waals surface area (Å²) in [6, 6.07) is 1.90. The molecule has 3 fully saturated rings. The average Bonchev–Trinajstić information content (AvgIpc) is 2.68. The minimum absolute atomic E-state index is 0.00681. The number of nitriles is 1. The summed E-state index contributed by atoms with van der Waals surface area (Å²) in [6.07, 6.45) is -1.64. The van der Waals surface area contributed by atoms with Crippen molar-refractivity contribution >= 4 is 11.8 Å². The maximum Gasteiger partial charge on any atom is 0.391 e. The number of carbonyl (C=O) groups is 2. The molecule has 0 radical (unpaired) electrons. The van der Waals surface area contributed by atoms with Crippen molar-refractivity contribution in [3.63, 3.8) is 0 Å². The minimum atomic E-state index is -4.33. The molecule has 3 rings (SSSR count). The lowest BCUT2D eigenvalue weighted by molar-refractivity contribution is -0.198. The number of nitrogens with one attached hydrogen (secondary N) is 2. The van der Waals surface area contributed by atoms with Gasteiger partial charge in [-0.15, -0.1) is 0 Å². The zero-order chi connectivity index (χ0) is 21.0. The predicted molar refractivity (Wildman–Crippen MR) is 97.3 cm³/mol. The standard InChI is InChI=1S/C20H28F3N3O3/c21-20(22,23)13-3-6-17(29-15-4-1-12(11-24)2-5-15)16(9-13)19(28)26-14-7-8-25-18(27)10-14/h12-17H,1-10H2,(H,25,27)(H,26,28). The van der Waals surface area contributed by atoms with Gasteiger partial charge >= 0.3 is 6.18 Å². The second-order valence-corrected chi connectivity index (χ2v) is 8.48. The van der Waals surface area contributed by atoms with Gasteiger partial charge in [-0.3, -0.25) is 9.59 Å². The highest BCUT2D eigenvalue weighted by Crippen LogP contribution is 2.42. The maximum absolute atomic E-state index is 13.3. The van der Waals surface area contributed by atoms with E-state index in [9.17, 15) is 22.8 Å². The van der Waals surface area contributed by atoms with Crippen molar-refractivity contribution in [2.45, 2.75) is 82.2 Å². The maximum atomic E-state index is 13.3. The number of hydrogen-bond acceptors (Lipinski definition) is 4. The molecular formula is C20H28F3N3O3. The van der Waals surface area contributed by atoms with E-state index in [1.807, 2.05) is 0 Å². The van der Waals surface area contributed by atoms with E-state index in [2.05, 4.69) is 16.7 Å². The molecule has 0 aromatic carbocycles. The number of ether oxygens (including phenoxy) is 1. The molecule has 1 aliphatic heterocycles. The Labute approximate surface area is 168 Å². The molecule has 162 valence electrons. The quantitative estimate of drug-likeness (QED) is 0.739. The van der Waals surface area contributed by atoms with Crippen LogP contribution in [0.3, 0.4) is 0 Å². The van der Waals surface area contributed by atoms with Crippen molar-refractivity contribution in [3.05, 3.63) is 0 Å². The van der Waals surface area contributed by atoms with Crippen LogP contribution in [0.4, 0.5) is 13.2 Å². The molecule has 0 aromatic rings. The molecule has 2 N–H and O–H groups in total. The van der Waals surface area contributed by atoms with Crippen LogP contribution in [0.25, 0.3) is 0 Å². The summed E-state index contributed by atoms with van der Waals surface area (Å²) >= 11 is 0. The molecule has 9 heteroatoms.